The Balaban J connectivity index is 1.25. The van der Waals surface area contributed by atoms with Crippen LogP contribution in [0.3, 0.4) is 0 Å². The number of aromatic nitrogens is 6. The molecule has 0 fully saturated rings. The van der Waals surface area contributed by atoms with Crippen LogP contribution in [0.5, 0.6) is 0 Å². The van der Waals surface area contributed by atoms with Crippen LogP contribution < -0.4 is 4.74 Å². The van der Waals surface area contributed by atoms with Crippen molar-refractivity contribution in [2.24, 2.45) is 0 Å². The van der Waals surface area contributed by atoms with Crippen LogP contribution in [0.1, 0.15) is 0 Å². The molecule has 0 unspecified atom stereocenters. The first kappa shape index (κ1) is 38.3. The number of fused-ring (bicyclic) bond motifs is 10. The Hall–Kier alpha value is -8.98. The smallest absolute Gasteiger partial charge is 0.233 e. The molecule has 0 saturated heterocycles. The van der Waals surface area contributed by atoms with Gasteiger partial charge < -0.3 is 13.7 Å². The zero-order chi connectivity index (χ0) is 44.9. The molecule has 5 heterocycles. The summed E-state index contributed by atoms with van der Waals surface area (Å²) in [6.45, 7) is 0. The summed E-state index contributed by atoms with van der Waals surface area (Å²) in [5.41, 5.74) is 11.4. The molecule has 318 valence electrons. The average Bonchev–Trinajstić information content (AvgIpc) is 4.04. The van der Waals surface area contributed by atoms with Crippen molar-refractivity contribution >= 4 is 86.8 Å². The molecule has 0 saturated carbocycles. The first-order valence-electron chi connectivity index (χ1n) is 22.7. The first-order chi connectivity index (χ1) is 33.7. The molecule has 7 nitrogen and oxygen atoms in total. The zero-order valence-electron chi connectivity index (χ0n) is 36.3. The summed E-state index contributed by atoms with van der Waals surface area (Å²) in [7, 11) is 0. The molecule has 0 amide bonds. The second-order valence-electron chi connectivity index (χ2n) is 17.1. The maximum absolute atomic E-state index is 14.8. The van der Waals surface area contributed by atoms with E-state index in [1.807, 2.05) is 60.7 Å². The minimum Gasteiger partial charge on any atom is -0.307 e. The molecule has 14 aromatic rings. The molecule has 0 spiro atoms. The van der Waals surface area contributed by atoms with Crippen LogP contribution in [0.2, 0.25) is 0 Å². The van der Waals surface area contributed by atoms with Gasteiger partial charge >= 0.3 is 0 Å². The number of hydrogen-bond acceptors (Lipinski definition) is 5. The highest BCUT2D eigenvalue weighted by molar-refractivity contribution is 7.17. The van der Waals surface area contributed by atoms with Gasteiger partial charge in [0.2, 0.25) is 4.74 Å². The average molecular weight is 889 g/mol. The summed E-state index contributed by atoms with van der Waals surface area (Å²) in [6.07, 6.45) is 0. The maximum Gasteiger partial charge on any atom is 0.233 e. The second-order valence-corrected chi connectivity index (χ2v) is 18.1. The van der Waals surface area contributed by atoms with Gasteiger partial charge in [0, 0.05) is 60.5 Å². The SMILES string of the molecule is O=c1cc(-c2nc(-c3ccccc3)nc(-c3ccccc3)n2)c2cc(-n3c4ccccc4c4ccccc43)c(-n3c4ccccc4c4ccccc43)c(-n3c4ccccc4c4ccccc43)c2s1. The Kier molecular flexibility index (Phi) is 8.47. The van der Waals surface area contributed by atoms with E-state index < -0.39 is 0 Å². The topological polar surface area (TPSA) is 70.5 Å². The van der Waals surface area contributed by atoms with Crippen molar-refractivity contribution in [2.45, 2.75) is 0 Å². The lowest BCUT2D eigenvalue weighted by atomic mass is 10.0. The fourth-order valence-corrected chi connectivity index (χ4v) is 11.4. The van der Waals surface area contributed by atoms with Gasteiger partial charge in [0.15, 0.2) is 17.5 Å². The maximum atomic E-state index is 14.8. The molecule has 14 rings (SSSR count). The molecule has 0 aliphatic carbocycles. The molecule has 0 radical (unpaired) electrons. The third kappa shape index (κ3) is 5.71. The Morgan fingerprint density at radius 1 is 0.324 bits per heavy atom. The van der Waals surface area contributed by atoms with E-state index in [9.17, 15) is 4.79 Å². The van der Waals surface area contributed by atoms with E-state index >= 15 is 0 Å². The van der Waals surface area contributed by atoms with E-state index in [1.165, 1.54) is 11.3 Å². The fraction of sp³-hybridized carbons (Fsp3) is 0. The van der Waals surface area contributed by atoms with Crippen LogP contribution in [0.15, 0.2) is 223 Å². The highest BCUT2D eigenvalue weighted by Gasteiger charge is 2.29. The van der Waals surface area contributed by atoms with Crippen molar-refractivity contribution in [1.29, 1.82) is 0 Å². The van der Waals surface area contributed by atoms with Crippen LogP contribution in [-0.4, -0.2) is 28.7 Å². The van der Waals surface area contributed by atoms with Crippen LogP contribution in [0.25, 0.3) is 127 Å². The number of nitrogens with zero attached hydrogens (tertiary/aromatic N) is 6. The van der Waals surface area contributed by atoms with Crippen molar-refractivity contribution in [3.8, 4) is 51.2 Å². The molecule has 68 heavy (non-hydrogen) atoms. The van der Waals surface area contributed by atoms with Gasteiger partial charge in [0.05, 0.1) is 54.9 Å². The summed E-state index contributed by atoms with van der Waals surface area (Å²) in [5, 5.41) is 7.64. The molecule has 9 aromatic carbocycles. The Morgan fingerprint density at radius 3 is 1.07 bits per heavy atom. The van der Waals surface area contributed by atoms with Gasteiger partial charge in [-0.2, -0.15) is 0 Å². The normalized spacial score (nSPS) is 11.9. The van der Waals surface area contributed by atoms with E-state index in [1.54, 1.807) is 6.07 Å². The van der Waals surface area contributed by atoms with Crippen LogP contribution >= 0.6 is 11.3 Å². The standard InChI is InChI=1S/C60H36N6OS/c67-54-36-46(60-62-58(37-19-3-1-4-20-37)61-59(63-60)38-21-5-2-6-22-38)45-35-53(64-47-29-13-7-23-39(47)40-24-8-14-30-48(40)64)55(65-49-31-15-9-25-41(49)42-26-10-16-32-50(42)65)56(57(45)68-54)66-51-33-17-11-27-43(51)44-28-12-18-34-52(44)66/h1-36H. The van der Waals surface area contributed by atoms with Crippen molar-refractivity contribution in [2.75, 3.05) is 0 Å². The van der Waals surface area contributed by atoms with E-state index in [0.717, 1.165) is 104 Å². The third-order valence-electron chi connectivity index (χ3n) is 13.3. The molecule has 0 atom stereocenters. The van der Waals surface area contributed by atoms with E-state index in [4.69, 9.17) is 15.0 Å². The summed E-state index contributed by atoms with van der Waals surface area (Å²) >= 11 is 1.26. The minimum atomic E-state index is -0.116. The molecule has 0 N–H and O–H groups in total. The summed E-state index contributed by atoms with van der Waals surface area (Å²) in [6, 6.07) is 75.8. The van der Waals surface area contributed by atoms with Gasteiger partial charge in [0.1, 0.15) is 0 Å². The third-order valence-corrected chi connectivity index (χ3v) is 14.3. The molecule has 0 aliphatic heterocycles. The molecule has 5 aromatic heterocycles. The van der Waals surface area contributed by atoms with Crippen molar-refractivity contribution in [3.63, 3.8) is 0 Å². The van der Waals surface area contributed by atoms with Crippen molar-refractivity contribution in [1.82, 2.24) is 28.7 Å². The Bertz CT molecular complexity index is 4200. The molecular formula is C60H36N6OS. The lowest BCUT2D eigenvalue weighted by molar-refractivity contribution is 1.06. The fourth-order valence-electron chi connectivity index (χ4n) is 10.5. The number of hydrogen-bond donors (Lipinski definition) is 0. The van der Waals surface area contributed by atoms with Gasteiger partial charge in [-0.05, 0) is 42.5 Å². The monoisotopic (exact) mass is 888 g/mol. The van der Waals surface area contributed by atoms with E-state index in [-0.39, 0.29) is 4.74 Å². The van der Waals surface area contributed by atoms with Gasteiger partial charge in [0.25, 0.3) is 0 Å². The van der Waals surface area contributed by atoms with Crippen LogP contribution in [0.4, 0.5) is 0 Å². The molecule has 8 heteroatoms. The predicted octanol–water partition coefficient (Wildman–Crippen LogP) is 14.7. The number of para-hydroxylation sites is 6. The quantitative estimate of drug-likeness (QED) is 0.167. The number of benzene rings is 9. The highest BCUT2D eigenvalue weighted by Crippen LogP contribution is 2.47. The minimum absolute atomic E-state index is 0.116. The lowest BCUT2D eigenvalue weighted by Crippen LogP contribution is -2.11. The van der Waals surface area contributed by atoms with Crippen molar-refractivity contribution in [3.05, 3.63) is 228 Å². The Labute approximate surface area is 392 Å². The van der Waals surface area contributed by atoms with Gasteiger partial charge in [-0.1, -0.05) is 181 Å². The second kappa shape index (κ2) is 15.0. The summed E-state index contributed by atoms with van der Waals surface area (Å²) < 4.78 is 7.92. The Morgan fingerprint density at radius 2 is 0.662 bits per heavy atom. The van der Waals surface area contributed by atoms with E-state index in [2.05, 4.69) is 165 Å². The molecule has 0 bridgehead atoms. The van der Waals surface area contributed by atoms with Gasteiger partial charge in [-0.25, -0.2) is 15.0 Å². The van der Waals surface area contributed by atoms with Crippen molar-refractivity contribution < 1.29 is 0 Å². The first-order valence-corrected chi connectivity index (χ1v) is 23.5. The molecular weight excluding hydrogens is 853 g/mol. The van der Waals surface area contributed by atoms with Gasteiger partial charge in [-0.15, -0.1) is 0 Å². The zero-order valence-corrected chi connectivity index (χ0v) is 37.1. The highest BCUT2D eigenvalue weighted by atomic mass is 32.1. The van der Waals surface area contributed by atoms with Crippen LogP contribution in [0, 0.1) is 0 Å². The number of rotatable bonds is 6. The lowest BCUT2D eigenvalue weighted by Gasteiger charge is -2.24. The predicted molar refractivity (Wildman–Crippen MR) is 281 cm³/mol. The summed E-state index contributed by atoms with van der Waals surface area (Å²) in [4.78, 5) is 30.4. The largest absolute Gasteiger partial charge is 0.307 e. The molecule has 0 aliphatic rings. The van der Waals surface area contributed by atoms with Gasteiger partial charge in [-0.3, -0.25) is 4.79 Å². The van der Waals surface area contributed by atoms with E-state index in [0.29, 0.717) is 23.0 Å². The summed E-state index contributed by atoms with van der Waals surface area (Å²) in [5.74, 6) is 1.46. The van der Waals surface area contributed by atoms with Crippen LogP contribution in [-0.2, 0) is 0 Å².